The minimum atomic E-state index is -1.95. The minimum absolute atomic E-state index is 0.0371. The summed E-state index contributed by atoms with van der Waals surface area (Å²) in [7, 11) is 0. The fourth-order valence-corrected chi connectivity index (χ4v) is 0.513. The van der Waals surface area contributed by atoms with Gasteiger partial charge >= 0.3 is 0 Å². The molecule has 0 aliphatic rings. The summed E-state index contributed by atoms with van der Waals surface area (Å²) in [6.07, 6.45) is -5.25. The second kappa shape index (κ2) is 3.75. The predicted octanol–water partition coefficient (Wildman–Crippen LogP) is 2.43. The molecule has 0 N–H and O–H groups in total. The van der Waals surface area contributed by atoms with Crippen molar-refractivity contribution in [2.45, 2.75) is 38.8 Å². The van der Waals surface area contributed by atoms with E-state index in [-0.39, 0.29) is 6.42 Å². The zero-order valence-corrected chi connectivity index (χ0v) is 5.57. The molecule has 0 saturated heterocycles. The minimum Gasteiger partial charge on any atom is -0.244 e. The Kier molecular flexibility index (Phi) is 3.66. The Labute approximate surface area is 53.1 Å². The Morgan fingerprint density at radius 2 is 1.67 bits per heavy atom. The third-order valence-electron chi connectivity index (χ3n) is 1.17. The first-order chi connectivity index (χ1) is 4.09. The lowest BCUT2D eigenvalue weighted by Gasteiger charge is -2.11. The number of alkyl halides is 3. The van der Waals surface area contributed by atoms with Crippen molar-refractivity contribution < 1.29 is 13.2 Å². The molecule has 0 aromatic heterocycles. The molecule has 0 nitrogen and oxygen atoms in total. The molecule has 0 aliphatic heterocycles. The van der Waals surface area contributed by atoms with E-state index in [9.17, 15) is 13.2 Å². The highest BCUT2D eigenvalue weighted by Crippen LogP contribution is 2.13. The van der Waals surface area contributed by atoms with Gasteiger partial charge in [0.25, 0.3) is 0 Å². The lowest BCUT2D eigenvalue weighted by molar-refractivity contribution is 0.0893. The summed E-state index contributed by atoms with van der Waals surface area (Å²) >= 11 is 0. The van der Waals surface area contributed by atoms with Crippen LogP contribution in [0.25, 0.3) is 0 Å². The van der Waals surface area contributed by atoms with E-state index < -0.39 is 18.5 Å². The fraction of sp³-hybridized carbons (Fsp3) is 1.00. The summed E-state index contributed by atoms with van der Waals surface area (Å²) in [5.41, 5.74) is 0. The van der Waals surface area contributed by atoms with Gasteiger partial charge in [0, 0.05) is 0 Å². The molecule has 3 unspecified atom stereocenters. The van der Waals surface area contributed by atoms with E-state index in [4.69, 9.17) is 0 Å². The molecule has 0 radical (unpaired) electrons. The van der Waals surface area contributed by atoms with Crippen LogP contribution < -0.4 is 0 Å². The predicted molar refractivity (Wildman–Crippen MR) is 30.7 cm³/mol. The van der Waals surface area contributed by atoms with Gasteiger partial charge in [-0.05, 0) is 13.3 Å². The van der Waals surface area contributed by atoms with E-state index in [0.29, 0.717) is 0 Å². The van der Waals surface area contributed by atoms with Crippen LogP contribution in [-0.4, -0.2) is 18.5 Å². The van der Waals surface area contributed by atoms with E-state index >= 15 is 0 Å². The smallest absolute Gasteiger partial charge is 0.162 e. The van der Waals surface area contributed by atoms with Gasteiger partial charge in [-0.15, -0.1) is 0 Å². The quantitative estimate of drug-likeness (QED) is 0.564. The van der Waals surface area contributed by atoms with E-state index in [0.717, 1.165) is 6.92 Å². The van der Waals surface area contributed by atoms with Crippen molar-refractivity contribution in [3.63, 3.8) is 0 Å². The molecule has 3 atom stereocenters. The lowest BCUT2D eigenvalue weighted by atomic mass is 10.1. The second-order valence-electron chi connectivity index (χ2n) is 2.05. The summed E-state index contributed by atoms with van der Waals surface area (Å²) in [6.45, 7) is 2.51. The first-order valence-corrected chi connectivity index (χ1v) is 3.01. The van der Waals surface area contributed by atoms with Gasteiger partial charge in [-0.3, -0.25) is 0 Å². The standard InChI is InChI=1S/C6H11F3/c1-3-5(8)6(9)4(2)7/h4-6H,3H2,1-2H3. The highest BCUT2D eigenvalue weighted by atomic mass is 19.2. The van der Waals surface area contributed by atoms with Gasteiger partial charge < -0.3 is 0 Å². The van der Waals surface area contributed by atoms with E-state index in [1.54, 1.807) is 0 Å². The Morgan fingerprint density at radius 3 is 1.78 bits per heavy atom. The van der Waals surface area contributed by atoms with Crippen LogP contribution in [0.4, 0.5) is 13.2 Å². The molecule has 3 heteroatoms. The number of rotatable bonds is 3. The molecule has 0 heterocycles. The molecule has 0 bridgehead atoms. The number of hydrogen-bond donors (Lipinski definition) is 0. The molecule has 0 fully saturated rings. The Morgan fingerprint density at radius 1 is 1.22 bits per heavy atom. The maximum absolute atomic E-state index is 12.2. The van der Waals surface area contributed by atoms with Crippen LogP contribution in [0.1, 0.15) is 20.3 Å². The lowest BCUT2D eigenvalue weighted by Crippen LogP contribution is -2.24. The van der Waals surface area contributed by atoms with Gasteiger partial charge in [0.1, 0.15) is 12.3 Å². The Balaban J connectivity index is 3.58. The summed E-state index contributed by atoms with van der Waals surface area (Å²) in [5, 5.41) is 0. The van der Waals surface area contributed by atoms with Crippen molar-refractivity contribution in [2.24, 2.45) is 0 Å². The molecule has 0 aromatic carbocycles. The molecule has 9 heavy (non-hydrogen) atoms. The molecular formula is C6H11F3. The largest absolute Gasteiger partial charge is 0.244 e. The van der Waals surface area contributed by atoms with Crippen molar-refractivity contribution in [1.82, 2.24) is 0 Å². The first kappa shape index (κ1) is 8.79. The van der Waals surface area contributed by atoms with Crippen LogP contribution in [0.5, 0.6) is 0 Å². The monoisotopic (exact) mass is 140 g/mol. The van der Waals surface area contributed by atoms with Crippen molar-refractivity contribution in [1.29, 1.82) is 0 Å². The molecule has 0 rings (SSSR count). The van der Waals surface area contributed by atoms with Crippen molar-refractivity contribution >= 4 is 0 Å². The SMILES string of the molecule is CCC(F)C(F)C(C)F. The second-order valence-corrected chi connectivity index (χ2v) is 2.05. The van der Waals surface area contributed by atoms with Crippen LogP contribution in [-0.2, 0) is 0 Å². The molecule has 0 spiro atoms. The van der Waals surface area contributed by atoms with E-state index in [2.05, 4.69) is 0 Å². The molecule has 0 aliphatic carbocycles. The maximum atomic E-state index is 12.2. The third kappa shape index (κ3) is 2.72. The number of hydrogen-bond acceptors (Lipinski definition) is 0. The van der Waals surface area contributed by atoms with Crippen LogP contribution in [0.15, 0.2) is 0 Å². The maximum Gasteiger partial charge on any atom is 0.162 e. The zero-order valence-electron chi connectivity index (χ0n) is 5.57. The summed E-state index contributed by atoms with van der Waals surface area (Å²) in [5.74, 6) is 0. The third-order valence-corrected chi connectivity index (χ3v) is 1.17. The fourth-order valence-electron chi connectivity index (χ4n) is 0.513. The van der Waals surface area contributed by atoms with Gasteiger partial charge in [0.15, 0.2) is 6.17 Å². The average Bonchev–Trinajstić information content (AvgIpc) is 1.84. The van der Waals surface area contributed by atoms with Crippen molar-refractivity contribution in [3.05, 3.63) is 0 Å². The summed E-state index contributed by atoms with van der Waals surface area (Å²) < 4.78 is 36.2. The van der Waals surface area contributed by atoms with E-state index in [1.807, 2.05) is 0 Å². The molecule has 56 valence electrons. The number of halogens is 3. The average molecular weight is 140 g/mol. The Hall–Kier alpha value is -0.210. The normalized spacial score (nSPS) is 21.0. The van der Waals surface area contributed by atoms with Crippen molar-refractivity contribution in [2.75, 3.05) is 0 Å². The van der Waals surface area contributed by atoms with Gasteiger partial charge in [0.05, 0.1) is 0 Å². The zero-order chi connectivity index (χ0) is 7.44. The van der Waals surface area contributed by atoms with Gasteiger partial charge in [-0.25, -0.2) is 13.2 Å². The molecule has 0 saturated carbocycles. The van der Waals surface area contributed by atoms with Crippen molar-refractivity contribution in [3.8, 4) is 0 Å². The van der Waals surface area contributed by atoms with Gasteiger partial charge in [-0.2, -0.15) is 0 Å². The topological polar surface area (TPSA) is 0 Å². The first-order valence-electron chi connectivity index (χ1n) is 3.01. The molecule has 0 aromatic rings. The van der Waals surface area contributed by atoms with Crippen LogP contribution in [0.3, 0.4) is 0 Å². The highest BCUT2D eigenvalue weighted by molar-refractivity contribution is 4.71. The van der Waals surface area contributed by atoms with Gasteiger partial charge in [0.2, 0.25) is 0 Å². The summed E-state index contributed by atoms with van der Waals surface area (Å²) in [4.78, 5) is 0. The van der Waals surface area contributed by atoms with Gasteiger partial charge in [-0.1, -0.05) is 6.92 Å². The van der Waals surface area contributed by atoms with Crippen LogP contribution in [0.2, 0.25) is 0 Å². The summed E-state index contributed by atoms with van der Waals surface area (Å²) in [6, 6.07) is 0. The van der Waals surface area contributed by atoms with Crippen LogP contribution in [0, 0.1) is 0 Å². The van der Waals surface area contributed by atoms with E-state index in [1.165, 1.54) is 6.92 Å². The molecular weight excluding hydrogens is 129 g/mol. The molecule has 0 amide bonds. The highest BCUT2D eigenvalue weighted by Gasteiger charge is 2.24. The Bertz CT molecular complexity index is 72.7. The van der Waals surface area contributed by atoms with Crippen LogP contribution >= 0.6 is 0 Å².